The van der Waals surface area contributed by atoms with Crippen LogP contribution in [0.4, 0.5) is 0 Å². The lowest BCUT2D eigenvalue weighted by Crippen LogP contribution is -2.36. The minimum Gasteiger partial charge on any atom is -0.457 e. The molecule has 10 rings (SSSR count). The lowest BCUT2D eigenvalue weighted by atomic mass is 9.62. The third-order valence-corrected chi connectivity index (χ3v) is 9.71. The van der Waals surface area contributed by atoms with E-state index in [0.29, 0.717) is 0 Å². The van der Waals surface area contributed by atoms with Crippen molar-refractivity contribution in [1.82, 2.24) is 4.57 Å². The van der Waals surface area contributed by atoms with Crippen LogP contribution >= 0.6 is 0 Å². The molecule has 230 valence electrons. The molecule has 2 aliphatic rings. The molecule has 3 heterocycles. The highest BCUT2D eigenvalue weighted by molar-refractivity contribution is 6.12. The molecule has 7 aromatic carbocycles. The Kier molecular flexibility index (Phi) is 6.48. The second-order valence-corrected chi connectivity index (χ2v) is 12.0. The first kappa shape index (κ1) is 28.2. The van der Waals surface area contributed by atoms with Crippen molar-refractivity contribution in [2.24, 2.45) is 0 Å². The average molecular weight is 620 g/mol. The van der Waals surface area contributed by atoms with Crippen LogP contribution in [0.5, 0.6) is 23.0 Å². The van der Waals surface area contributed by atoms with Crippen LogP contribution in [0, 0.1) is 0 Å². The molecular formula is C45H33NO2. The fraction of sp³-hybridized carbons (Fsp3) is 0.0667. The van der Waals surface area contributed by atoms with Gasteiger partial charge < -0.3 is 14.0 Å². The van der Waals surface area contributed by atoms with Crippen LogP contribution in [0.1, 0.15) is 36.1 Å². The summed E-state index contributed by atoms with van der Waals surface area (Å²) in [6, 6.07) is 58.0. The largest absolute Gasteiger partial charge is 0.457 e. The van der Waals surface area contributed by atoms with Crippen LogP contribution in [0.15, 0.2) is 164 Å². The molecule has 0 aliphatic carbocycles. The second-order valence-electron chi connectivity index (χ2n) is 12.0. The number of hydrogen-bond acceptors (Lipinski definition) is 2. The summed E-state index contributed by atoms with van der Waals surface area (Å²) < 4.78 is 16.0. The van der Waals surface area contributed by atoms with E-state index in [4.69, 9.17) is 9.47 Å². The standard InChI is InChI=1S/C43H27NO2.C2H6/c1-2-13-28(14-3-1)29-15-12-16-30(27-29)44-37-21-8-4-17-31(37)32-25-26-36-42(41(32)44)46-40-24-11-7-20-35(40)43(36)33-18-5-9-22-38(33)45-39-23-10-6-19-34(39)43;1-2/h1-27H;1-2H3. The Morgan fingerprint density at radius 1 is 0.438 bits per heavy atom. The molecule has 3 nitrogen and oxygen atoms in total. The number of fused-ring (bicyclic) bond motifs is 12. The van der Waals surface area contributed by atoms with Crippen molar-refractivity contribution < 1.29 is 9.47 Å². The van der Waals surface area contributed by atoms with Crippen LogP contribution in [0.25, 0.3) is 38.6 Å². The molecule has 1 aromatic heterocycles. The van der Waals surface area contributed by atoms with E-state index in [1.54, 1.807) is 0 Å². The zero-order valence-corrected chi connectivity index (χ0v) is 26.9. The number of benzene rings is 7. The smallest absolute Gasteiger partial charge is 0.156 e. The predicted octanol–water partition coefficient (Wildman–Crippen LogP) is 12.1. The molecule has 0 saturated carbocycles. The average Bonchev–Trinajstić information content (AvgIpc) is 3.51. The number of rotatable bonds is 2. The molecule has 0 atom stereocenters. The summed E-state index contributed by atoms with van der Waals surface area (Å²) in [7, 11) is 0. The number of para-hydroxylation sites is 4. The van der Waals surface area contributed by atoms with Crippen molar-refractivity contribution in [3.8, 4) is 39.8 Å². The summed E-state index contributed by atoms with van der Waals surface area (Å²) in [5.41, 5.74) is 9.43. The van der Waals surface area contributed by atoms with Gasteiger partial charge in [0.05, 0.1) is 16.4 Å². The van der Waals surface area contributed by atoms with Gasteiger partial charge >= 0.3 is 0 Å². The van der Waals surface area contributed by atoms with Gasteiger partial charge in [-0.15, -0.1) is 0 Å². The monoisotopic (exact) mass is 619 g/mol. The Bertz CT molecular complexity index is 2430. The van der Waals surface area contributed by atoms with Crippen molar-refractivity contribution in [3.63, 3.8) is 0 Å². The predicted molar refractivity (Wildman–Crippen MR) is 196 cm³/mol. The van der Waals surface area contributed by atoms with Crippen LogP contribution in [0.3, 0.4) is 0 Å². The molecule has 3 heteroatoms. The van der Waals surface area contributed by atoms with E-state index in [-0.39, 0.29) is 0 Å². The molecule has 8 aromatic rings. The Balaban J connectivity index is 0.00000154. The van der Waals surface area contributed by atoms with E-state index in [9.17, 15) is 0 Å². The first-order valence-corrected chi connectivity index (χ1v) is 16.7. The van der Waals surface area contributed by atoms with E-state index in [0.717, 1.165) is 67.4 Å². The molecule has 48 heavy (non-hydrogen) atoms. The summed E-state index contributed by atoms with van der Waals surface area (Å²) in [4.78, 5) is 0. The fourth-order valence-electron chi connectivity index (χ4n) is 7.84. The Morgan fingerprint density at radius 3 is 1.69 bits per heavy atom. The Hall–Kier alpha value is -6.06. The van der Waals surface area contributed by atoms with E-state index >= 15 is 0 Å². The summed E-state index contributed by atoms with van der Waals surface area (Å²) in [6.07, 6.45) is 0. The minimum absolute atomic E-state index is 0.642. The molecule has 2 aliphatic heterocycles. The SMILES string of the molecule is CC.c1ccc(-c2cccc(-n3c4ccccc4c4ccc5c(c43)Oc3ccccc3C53c4ccccc4Oc4ccccc43)c2)cc1. The van der Waals surface area contributed by atoms with Crippen molar-refractivity contribution in [1.29, 1.82) is 0 Å². The van der Waals surface area contributed by atoms with Gasteiger partial charge in [0.2, 0.25) is 0 Å². The van der Waals surface area contributed by atoms with Gasteiger partial charge in [-0.1, -0.05) is 141 Å². The maximum absolute atomic E-state index is 7.09. The first-order valence-electron chi connectivity index (χ1n) is 16.7. The van der Waals surface area contributed by atoms with E-state index in [1.807, 2.05) is 26.0 Å². The van der Waals surface area contributed by atoms with Gasteiger partial charge in [-0.2, -0.15) is 0 Å². The molecule has 0 bridgehead atoms. The molecule has 0 N–H and O–H groups in total. The van der Waals surface area contributed by atoms with Crippen LogP contribution in [-0.4, -0.2) is 4.57 Å². The van der Waals surface area contributed by atoms with E-state index in [1.165, 1.54) is 16.5 Å². The highest BCUT2D eigenvalue weighted by Gasteiger charge is 2.51. The lowest BCUT2D eigenvalue weighted by molar-refractivity contribution is 0.401. The number of nitrogens with zero attached hydrogens (tertiary/aromatic N) is 1. The quantitative estimate of drug-likeness (QED) is 0.192. The van der Waals surface area contributed by atoms with Gasteiger partial charge in [0.1, 0.15) is 17.2 Å². The maximum atomic E-state index is 7.09. The summed E-state index contributed by atoms with van der Waals surface area (Å²) in [5, 5.41) is 2.34. The normalized spacial score (nSPS) is 13.3. The van der Waals surface area contributed by atoms with Gasteiger partial charge in [-0.3, -0.25) is 0 Å². The number of hydrogen-bond donors (Lipinski definition) is 0. The van der Waals surface area contributed by atoms with Crippen LogP contribution < -0.4 is 9.47 Å². The number of aromatic nitrogens is 1. The fourth-order valence-corrected chi connectivity index (χ4v) is 7.84. The van der Waals surface area contributed by atoms with Crippen LogP contribution in [0.2, 0.25) is 0 Å². The van der Waals surface area contributed by atoms with Crippen LogP contribution in [-0.2, 0) is 5.41 Å². The minimum atomic E-state index is -0.642. The zero-order valence-electron chi connectivity index (χ0n) is 26.9. The van der Waals surface area contributed by atoms with Crippen molar-refractivity contribution in [2.45, 2.75) is 19.3 Å². The topological polar surface area (TPSA) is 23.4 Å². The maximum Gasteiger partial charge on any atom is 0.156 e. The molecule has 1 spiro atoms. The van der Waals surface area contributed by atoms with E-state index in [2.05, 4.69) is 156 Å². The molecule has 0 unspecified atom stereocenters. The number of ether oxygens (including phenoxy) is 2. The third kappa shape index (κ3) is 3.88. The van der Waals surface area contributed by atoms with Crippen molar-refractivity contribution in [2.75, 3.05) is 0 Å². The third-order valence-electron chi connectivity index (χ3n) is 9.71. The van der Waals surface area contributed by atoms with Gasteiger partial charge in [0, 0.05) is 38.7 Å². The summed E-state index contributed by atoms with van der Waals surface area (Å²) in [5.74, 6) is 3.44. The van der Waals surface area contributed by atoms with Gasteiger partial charge in [0.25, 0.3) is 0 Å². The lowest BCUT2D eigenvalue weighted by Gasteiger charge is -2.44. The first-order chi connectivity index (χ1) is 23.8. The summed E-state index contributed by atoms with van der Waals surface area (Å²) in [6.45, 7) is 4.00. The highest BCUT2D eigenvalue weighted by atomic mass is 16.5. The zero-order chi connectivity index (χ0) is 32.2. The Morgan fingerprint density at radius 2 is 1.00 bits per heavy atom. The second kappa shape index (κ2) is 11.0. The summed E-state index contributed by atoms with van der Waals surface area (Å²) >= 11 is 0. The molecule has 0 fully saturated rings. The Labute approximate surface area is 280 Å². The van der Waals surface area contributed by atoms with Gasteiger partial charge in [-0.05, 0) is 47.5 Å². The molecule has 0 radical (unpaired) electrons. The van der Waals surface area contributed by atoms with E-state index < -0.39 is 5.41 Å². The molecular weight excluding hydrogens is 587 g/mol. The highest BCUT2D eigenvalue weighted by Crippen LogP contribution is 2.62. The van der Waals surface area contributed by atoms with Gasteiger partial charge in [-0.25, -0.2) is 0 Å². The molecule has 0 saturated heterocycles. The molecule has 0 amide bonds. The van der Waals surface area contributed by atoms with Gasteiger partial charge in [0.15, 0.2) is 5.75 Å². The van der Waals surface area contributed by atoms with Crippen molar-refractivity contribution >= 4 is 21.8 Å². The van der Waals surface area contributed by atoms with Crippen molar-refractivity contribution in [3.05, 3.63) is 186 Å².